The zero-order valence-corrected chi connectivity index (χ0v) is 20.7. The number of halogens is 1. The summed E-state index contributed by atoms with van der Waals surface area (Å²) >= 11 is 0. The lowest BCUT2D eigenvalue weighted by Crippen LogP contribution is -2.13. The van der Waals surface area contributed by atoms with Crippen LogP contribution in [0.2, 0.25) is 0 Å². The fourth-order valence-corrected chi connectivity index (χ4v) is 4.88. The number of hydrogen-bond acceptors (Lipinski definition) is 4. The first kappa shape index (κ1) is 24.2. The van der Waals surface area contributed by atoms with Crippen LogP contribution in [0.5, 0.6) is 11.6 Å². The van der Waals surface area contributed by atoms with Crippen LogP contribution in [0.25, 0.3) is 11.1 Å². The molecule has 3 atom stereocenters. The molecule has 0 bridgehead atoms. The predicted molar refractivity (Wildman–Crippen MR) is 133 cm³/mol. The number of nitrogens with zero attached hydrogens (tertiary/aromatic N) is 1. The lowest BCUT2D eigenvalue weighted by molar-refractivity contribution is 0.122. The standard InChI is InChI=1S/C27H28FNO3.C2H6/c1-15-6-22(31-13-17(3)30)7-16(2)27(15)18-4-5-25(28)21(8-18)14-32-26-11-20-9-19-10-23(19)24(20)12-29-26;1-2/h4-8,11-12,17,19,23,30H,9-10,13-14H2,1-3H3;1-2H3. The molecular weight excluding hydrogens is 429 g/mol. The number of hydrogen-bond donors (Lipinski definition) is 1. The Morgan fingerprint density at radius 3 is 2.53 bits per heavy atom. The van der Waals surface area contributed by atoms with Crippen LogP contribution in [-0.4, -0.2) is 22.8 Å². The molecule has 1 heterocycles. The molecule has 0 saturated heterocycles. The van der Waals surface area contributed by atoms with E-state index in [1.165, 1.54) is 23.6 Å². The molecule has 3 unspecified atom stereocenters. The van der Waals surface area contributed by atoms with Crippen molar-refractivity contribution in [3.8, 4) is 22.8 Å². The summed E-state index contributed by atoms with van der Waals surface area (Å²) in [5, 5.41) is 9.46. The number of aryl methyl sites for hydroxylation is 2. The Kier molecular flexibility index (Phi) is 7.22. The predicted octanol–water partition coefficient (Wildman–Crippen LogP) is 6.53. The molecule has 4 nitrogen and oxygen atoms in total. The Morgan fingerprint density at radius 2 is 1.82 bits per heavy atom. The van der Waals surface area contributed by atoms with Gasteiger partial charge in [0.05, 0.1) is 6.10 Å². The van der Waals surface area contributed by atoms with Crippen molar-refractivity contribution in [3.05, 3.63) is 76.2 Å². The van der Waals surface area contributed by atoms with Gasteiger partial charge in [-0.1, -0.05) is 19.9 Å². The third kappa shape index (κ3) is 5.10. The maximum Gasteiger partial charge on any atom is 0.213 e. The van der Waals surface area contributed by atoms with Gasteiger partial charge >= 0.3 is 0 Å². The van der Waals surface area contributed by atoms with Crippen molar-refractivity contribution < 1.29 is 19.0 Å². The van der Waals surface area contributed by atoms with Crippen LogP contribution in [0.15, 0.2) is 42.6 Å². The molecule has 3 aromatic rings. The average molecular weight is 464 g/mol. The first-order valence-electron chi connectivity index (χ1n) is 12.2. The summed E-state index contributed by atoms with van der Waals surface area (Å²) in [7, 11) is 0. The maximum atomic E-state index is 14.6. The highest BCUT2D eigenvalue weighted by atomic mass is 19.1. The van der Waals surface area contributed by atoms with E-state index in [4.69, 9.17) is 9.47 Å². The summed E-state index contributed by atoms with van der Waals surface area (Å²) in [5.41, 5.74) is 7.23. The Bertz CT molecular complexity index is 1150. The van der Waals surface area contributed by atoms with Crippen LogP contribution >= 0.6 is 0 Å². The fourth-order valence-electron chi connectivity index (χ4n) is 4.88. The highest BCUT2D eigenvalue weighted by Gasteiger charge is 2.45. The van der Waals surface area contributed by atoms with Gasteiger partial charge in [-0.3, -0.25) is 0 Å². The molecule has 1 fully saturated rings. The monoisotopic (exact) mass is 463 g/mol. The maximum absolute atomic E-state index is 14.6. The molecule has 0 aliphatic heterocycles. The van der Waals surface area contributed by atoms with Gasteiger partial charge in [0, 0.05) is 17.8 Å². The summed E-state index contributed by atoms with van der Waals surface area (Å²) in [4.78, 5) is 4.44. The van der Waals surface area contributed by atoms with E-state index in [1.807, 2.05) is 58.2 Å². The highest BCUT2D eigenvalue weighted by molar-refractivity contribution is 5.72. The third-order valence-electron chi connectivity index (χ3n) is 6.51. The lowest BCUT2D eigenvalue weighted by Gasteiger charge is -2.16. The molecule has 0 radical (unpaired) electrons. The first-order chi connectivity index (χ1) is 16.4. The van der Waals surface area contributed by atoms with Gasteiger partial charge in [0.1, 0.15) is 24.8 Å². The molecule has 0 spiro atoms. The summed E-state index contributed by atoms with van der Waals surface area (Å²) < 4.78 is 26.1. The number of aromatic nitrogens is 1. The van der Waals surface area contributed by atoms with Crippen molar-refractivity contribution in [3.63, 3.8) is 0 Å². The van der Waals surface area contributed by atoms with Crippen molar-refractivity contribution in [2.75, 3.05) is 6.61 Å². The van der Waals surface area contributed by atoms with E-state index >= 15 is 0 Å². The molecule has 2 aliphatic carbocycles. The molecule has 1 saturated carbocycles. The summed E-state index contributed by atoms with van der Waals surface area (Å²) in [6.07, 6.45) is 3.81. The van der Waals surface area contributed by atoms with Crippen molar-refractivity contribution in [1.82, 2.24) is 4.98 Å². The zero-order valence-electron chi connectivity index (χ0n) is 20.7. The van der Waals surface area contributed by atoms with Crippen molar-refractivity contribution in [2.24, 2.45) is 5.92 Å². The van der Waals surface area contributed by atoms with Crippen LogP contribution in [0.4, 0.5) is 4.39 Å². The molecule has 34 heavy (non-hydrogen) atoms. The minimum atomic E-state index is -0.527. The minimum absolute atomic E-state index is 0.131. The Morgan fingerprint density at radius 1 is 1.09 bits per heavy atom. The van der Waals surface area contributed by atoms with Gasteiger partial charge in [-0.25, -0.2) is 9.37 Å². The number of aliphatic hydroxyl groups excluding tert-OH is 1. The van der Waals surface area contributed by atoms with E-state index < -0.39 is 6.10 Å². The van der Waals surface area contributed by atoms with E-state index in [1.54, 1.807) is 13.0 Å². The van der Waals surface area contributed by atoms with Crippen LogP contribution in [0.1, 0.15) is 60.9 Å². The normalized spacial score (nSPS) is 18.3. The smallest absolute Gasteiger partial charge is 0.213 e. The van der Waals surface area contributed by atoms with Gasteiger partial charge in [-0.2, -0.15) is 0 Å². The van der Waals surface area contributed by atoms with E-state index in [0.717, 1.165) is 40.3 Å². The van der Waals surface area contributed by atoms with Crippen LogP contribution < -0.4 is 9.47 Å². The average Bonchev–Trinajstić information content (AvgIpc) is 3.49. The molecule has 180 valence electrons. The van der Waals surface area contributed by atoms with Crippen molar-refractivity contribution >= 4 is 0 Å². The molecule has 1 aromatic heterocycles. The molecule has 2 aromatic carbocycles. The zero-order chi connectivity index (χ0) is 24.4. The number of aliphatic hydroxyl groups is 1. The van der Waals surface area contributed by atoms with Gasteiger partial charge in [0.25, 0.3) is 0 Å². The second-order valence-electron chi connectivity index (χ2n) is 9.21. The van der Waals surface area contributed by atoms with Crippen molar-refractivity contribution in [1.29, 1.82) is 0 Å². The quantitative estimate of drug-likeness (QED) is 0.433. The summed E-state index contributed by atoms with van der Waals surface area (Å²) in [6, 6.07) is 11.1. The Hall–Kier alpha value is -2.92. The summed E-state index contributed by atoms with van der Waals surface area (Å²) in [5.74, 6) is 2.49. The second-order valence-corrected chi connectivity index (χ2v) is 9.21. The number of fused-ring (bicyclic) bond motifs is 3. The fraction of sp³-hybridized carbons (Fsp3) is 0.414. The van der Waals surface area contributed by atoms with E-state index in [2.05, 4.69) is 4.98 Å². The van der Waals surface area contributed by atoms with Gasteiger partial charge in [0.2, 0.25) is 5.88 Å². The lowest BCUT2D eigenvalue weighted by atomic mass is 9.94. The van der Waals surface area contributed by atoms with Gasteiger partial charge in [-0.15, -0.1) is 0 Å². The number of rotatable bonds is 7. The molecule has 2 aliphatic rings. The van der Waals surface area contributed by atoms with E-state index in [0.29, 0.717) is 17.4 Å². The minimum Gasteiger partial charge on any atom is -0.491 e. The van der Waals surface area contributed by atoms with Crippen LogP contribution in [-0.2, 0) is 13.0 Å². The highest BCUT2D eigenvalue weighted by Crippen LogP contribution is 2.56. The van der Waals surface area contributed by atoms with Gasteiger partial charge < -0.3 is 14.6 Å². The van der Waals surface area contributed by atoms with Crippen molar-refractivity contribution in [2.45, 2.75) is 66.1 Å². The topological polar surface area (TPSA) is 51.6 Å². The number of ether oxygens (including phenoxy) is 2. The molecule has 5 heteroatoms. The van der Waals surface area contributed by atoms with Crippen LogP contribution in [0.3, 0.4) is 0 Å². The summed E-state index contributed by atoms with van der Waals surface area (Å²) in [6.45, 7) is 10.1. The molecule has 5 rings (SSSR count). The Balaban J connectivity index is 0.00000133. The van der Waals surface area contributed by atoms with Crippen LogP contribution in [0, 0.1) is 25.6 Å². The molecular formula is C29H34FNO3. The number of pyridine rings is 1. The largest absolute Gasteiger partial charge is 0.491 e. The van der Waals surface area contributed by atoms with Gasteiger partial charge in [-0.05, 0) is 103 Å². The SMILES string of the molecule is CC.Cc1cc(OCC(C)O)cc(C)c1-c1ccc(F)c(COc2cc3c(cn2)C2CC2C3)c1. The first-order valence-corrected chi connectivity index (χ1v) is 12.2. The molecule has 1 N–H and O–H groups in total. The molecule has 0 amide bonds. The van der Waals surface area contributed by atoms with E-state index in [-0.39, 0.29) is 19.0 Å². The Labute approximate surface area is 201 Å². The number of benzene rings is 2. The second kappa shape index (κ2) is 10.1. The van der Waals surface area contributed by atoms with E-state index in [9.17, 15) is 9.50 Å². The third-order valence-corrected chi connectivity index (χ3v) is 6.51. The van der Waals surface area contributed by atoms with Gasteiger partial charge in [0.15, 0.2) is 0 Å².